The number of aliphatic carboxylic acids is 1. The number of nitrogens with one attached hydrogen (secondary N) is 1. The molecule has 1 aliphatic carbocycles. The fraction of sp³-hybridized carbons (Fsp3) is 0.462. The topological polar surface area (TPSA) is 82.5 Å². The first kappa shape index (κ1) is 13.3. The molecular formula is C13H17N3O3. The van der Waals surface area contributed by atoms with E-state index in [4.69, 9.17) is 0 Å². The minimum absolute atomic E-state index is 0.129. The van der Waals surface area contributed by atoms with E-state index in [0.717, 1.165) is 6.42 Å². The van der Waals surface area contributed by atoms with Crippen molar-refractivity contribution in [2.45, 2.75) is 24.8 Å². The summed E-state index contributed by atoms with van der Waals surface area (Å²) in [7, 11) is 3.34. The third-order valence-electron chi connectivity index (χ3n) is 3.40. The predicted octanol–water partition coefficient (Wildman–Crippen LogP) is 1.20. The van der Waals surface area contributed by atoms with Gasteiger partial charge in [-0.1, -0.05) is 0 Å². The summed E-state index contributed by atoms with van der Waals surface area (Å²) in [5.74, 6) is -0.498. The molecule has 6 nitrogen and oxygen atoms in total. The van der Waals surface area contributed by atoms with Crippen LogP contribution >= 0.6 is 0 Å². The molecule has 0 saturated heterocycles. The highest BCUT2D eigenvalue weighted by Crippen LogP contribution is 2.35. The van der Waals surface area contributed by atoms with Crippen LogP contribution in [0.15, 0.2) is 18.3 Å². The number of nitrogens with zero attached hydrogens (tertiary/aromatic N) is 2. The summed E-state index contributed by atoms with van der Waals surface area (Å²) in [5, 5.41) is 12.2. The highest BCUT2D eigenvalue weighted by Gasteiger charge is 2.44. The van der Waals surface area contributed by atoms with E-state index in [1.165, 1.54) is 11.1 Å². The van der Waals surface area contributed by atoms with Crippen LogP contribution in [0, 0.1) is 0 Å². The zero-order chi connectivity index (χ0) is 14.0. The average Bonchev–Trinajstić information content (AvgIpc) is 2.33. The van der Waals surface area contributed by atoms with Crippen LogP contribution in [0.25, 0.3) is 0 Å². The zero-order valence-electron chi connectivity index (χ0n) is 11.0. The molecule has 2 N–H and O–H groups in total. The molecule has 0 spiro atoms. The second-order valence-electron chi connectivity index (χ2n) is 5.00. The van der Waals surface area contributed by atoms with Crippen molar-refractivity contribution in [2.24, 2.45) is 0 Å². The van der Waals surface area contributed by atoms with E-state index in [1.807, 2.05) is 0 Å². The standard InChI is InChI=1S/C13H17N3O3/c1-16(2)11(17)9-4-5-10(14-8-9)15-13(12(18)19)6-3-7-13/h4-5,8H,3,6-7H2,1-2H3,(H,14,15)(H,18,19). The van der Waals surface area contributed by atoms with Gasteiger partial charge in [0.25, 0.3) is 5.91 Å². The maximum Gasteiger partial charge on any atom is 0.329 e. The molecule has 6 heteroatoms. The van der Waals surface area contributed by atoms with Crippen LogP contribution in [-0.4, -0.2) is 46.5 Å². The maximum absolute atomic E-state index is 11.7. The lowest BCUT2D eigenvalue weighted by molar-refractivity contribution is -0.145. The minimum Gasteiger partial charge on any atom is -0.480 e. The number of rotatable bonds is 4. The van der Waals surface area contributed by atoms with Crippen molar-refractivity contribution in [1.29, 1.82) is 0 Å². The van der Waals surface area contributed by atoms with Gasteiger partial charge in [0, 0.05) is 20.3 Å². The molecule has 1 aromatic rings. The van der Waals surface area contributed by atoms with Gasteiger partial charge in [-0.2, -0.15) is 0 Å². The quantitative estimate of drug-likeness (QED) is 0.853. The van der Waals surface area contributed by atoms with E-state index >= 15 is 0 Å². The van der Waals surface area contributed by atoms with Crippen LogP contribution in [0.5, 0.6) is 0 Å². The Kier molecular flexibility index (Phi) is 3.42. The van der Waals surface area contributed by atoms with Crippen molar-refractivity contribution in [2.75, 3.05) is 19.4 Å². The molecule has 1 saturated carbocycles. The molecule has 1 heterocycles. The van der Waals surface area contributed by atoms with Gasteiger partial charge >= 0.3 is 5.97 Å². The third-order valence-corrected chi connectivity index (χ3v) is 3.40. The Balaban J connectivity index is 2.11. The molecule has 1 aromatic heterocycles. The molecule has 0 aromatic carbocycles. The molecule has 0 radical (unpaired) electrons. The van der Waals surface area contributed by atoms with Crippen LogP contribution in [0.2, 0.25) is 0 Å². The Morgan fingerprint density at radius 3 is 2.42 bits per heavy atom. The molecule has 0 bridgehead atoms. The van der Waals surface area contributed by atoms with Crippen molar-refractivity contribution in [3.05, 3.63) is 23.9 Å². The van der Waals surface area contributed by atoms with E-state index in [0.29, 0.717) is 24.2 Å². The molecule has 1 fully saturated rings. The van der Waals surface area contributed by atoms with Crippen molar-refractivity contribution in [3.8, 4) is 0 Å². The van der Waals surface area contributed by atoms with Crippen molar-refractivity contribution in [3.63, 3.8) is 0 Å². The summed E-state index contributed by atoms with van der Waals surface area (Å²) in [5.41, 5.74) is -0.409. The summed E-state index contributed by atoms with van der Waals surface area (Å²) in [4.78, 5) is 28.5. The number of hydrogen-bond acceptors (Lipinski definition) is 4. The van der Waals surface area contributed by atoms with E-state index in [-0.39, 0.29) is 5.91 Å². The van der Waals surface area contributed by atoms with Gasteiger partial charge in [0.05, 0.1) is 5.56 Å². The molecule has 1 aliphatic rings. The van der Waals surface area contributed by atoms with E-state index < -0.39 is 11.5 Å². The first-order valence-corrected chi connectivity index (χ1v) is 6.14. The molecule has 19 heavy (non-hydrogen) atoms. The average molecular weight is 263 g/mol. The van der Waals surface area contributed by atoms with Crippen LogP contribution in [0.1, 0.15) is 29.6 Å². The van der Waals surface area contributed by atoms with E-state index in [1.54, 1.807) is 26.2 Å². The number of carboxylic acid groups (broad SMARTS) is 1. The Morgan fingerprint density at radius 1 is 1.37 bits per heavy atom. The van der Waals surface area contributed by atoms with Gasteiger partial charge in [0.1, 0.15) is 11.4 Å². The molecule has 0 atom stereocenters. The van der Waals surface area contributed by atoms with Crippen molar-refractivity contribution in [1.82, 2.24) is 9.88 Å². The smallest absolute Gasteiger partial charge is 0.329 e. The fourth-order valence-electron chi connectivity index (χ4n) is 2.02. The Morgan fingerprint density at radius 2 is 2.05 bits per heavy atom. The Hall–Kier alpha value is -2.11. The fourth-order valence-corrected chi connectivity index (χ4v) is 2.02. The SMILES string of the molecule is CN(C)C(=O)c1ccc(NC2(C(=O)O)CCC2)nc1. The number of carboxylic acids is 1. The monoisotopic (exact) mass is 263 g/mol. The number of carbonyl (C=O) groups excluding carboxylic acids is 1. The Bertz CT molecular complexity index is 492. The van der Waals surface area contributed by atoms with Gasteiger partial charge < -0.3 is 15.3 Å². The van der Waals surface area contributed by atoms with Crippen LogP contribution in [0.3, 0.4) is 0 Å². The molecule has 0 unspecified atom stereocenters. The highest BCUT2D eigenvalue weighted by atomic mass is 16.4. The number of hydrogen-bond donors (Lipinski definition) is 2. The molecular weight excluding hydrogens is 246 g/mol. The lowest BCUT2D eigenvalue weighted by atomic mass is 9.77. The van der Waals surface area contributed by atoms with Gasteiger partial charge in [-0.05, 0) is 31.4 Å². The van der Waals surface area contributed by atoms with Gasteiger partial charge in [0.2, 0.25) is 0 Å². The number of pyridine rings is 1. The summed E-state index contributed by atoms with van der Waals surface area (Å²) < 4.78 is 0. The van der Waals surface area contributed by atoms with Crippen molar-refractivity contribution < 1.29 is 14.7 Å². The maximum atomic E-state index is 11.7. The van der Waals surface area contributed by atoms with E-state index in [2.05, 4.69) is 10.3 Å². The number of anilines is 1. The summed E-state index contributed by atoms with van der Waals surface area (Å²) in [6, 6.07) is 3.28. The number of amides is 1. The second-order valence-corrected chi connectivity index (χ2v) is 5.00. The largest absolute Gasteiger partial charge is 0.480 e. The minimum atomic E-state index is -0.889. The van der Waals surface area contributed by atoms with Gasteiger partial charge in [-0.3, -0.25) is 4.79 Å². The lowest BCUT2D eigenvalue weighted by Crippen LogP contribution is -2.52. The first-order valence-electron chi connectivity index (χ1n) is 6.14. The lowest BCUT2D eigenvalue weighted by Gasteiger charge is -2.38. The molecule has 0 aliphatic heterocycles. The second kappa shape index (κ2) is 4.87. The normalized spacial score (nSPS) is 16.3. The number of aromatic nitrogens is 1. The predicted molar refractivity (Wildman–Crippen MR) is 70.1 cm³/mol. The number of carbonyl (C=O) groups is 2. The van der Waals surface area contributed by atoms with Crippen molar-refractivity contribution >= 4 is 17.7 Å². The van der Waals surface area contributed by atoms with Gasteiger partial charge in [0.15, 0.2) is 0 Å². The molecule has 1 amide bonds. The van der Waals surface area contributed by atoms with E-state index in [9.17, 15) is 14.7 Å². The highest BCUT2D eigenvalue weighted by molar-refractivity contribution is 5.93. The first-order chi connectivity index (χ1) is 8.94. The molecule has 2 rings (SSSR count). The van der Waals surface area contributed by atoms with Crippen LogP contribution in [0.4, 0.5) is 5.82 Å². The van der Waals surface area contributed by atoms with Gasteiger partial charge in [-0.15, -0.1) is 0 Å². The summed E-state index contributed by atoms with van der Waals surface area (Å²) in [6.45, 7) is 0. The Labute approximate surface area is 111 Å². The van der Waals surface area contributed by atoms with Crippen LogP contribution in [-0.2, 0) is 4.79 Å². The van der Waals surface area contributed by atoms with Gasteiger partial charge in [-0.25, -0.2) is 9.78 Å². The zero-order valence-corrected chi connectivity index (χ0v) is 11.0. The van der Waals surface area contributed by atoms with Crippen LogP contribution < -0.4 is 5.32 Å². The molecule has 102 valence electrons. The summed E-state index contributed by atoms with van der Waals surface area (Å²) >= 11 is 0. The third kappa shape index (κ3) is 2.52. The summed E-state index contributed by atoms with van der Waals surface area (Å²) in [6.07, 6.45) is 3.56.